The molecule has 2 bridgehead atoms. The molecule has 2 aliphatic heterocycles. The zero-order valence-corrected chi connectivity index (χ0v) is 21.1. The zero-order chi connectivity index (χ0) is 25.6. The van der Waals surface area contributed by atoms with Crippen LogP contribution in [0.3, 0.4) is 0 Å². The molecule has 7 atom stereocenters. The molecular weight excluding hydrogens is 454 g/mol. The van der Waals surface area contributed by atoms with Crippen LogP contribution in [0.5, 0.6) is 0 Å². The number of carbonyl (C=O) groups excluding carboxylic acids is 2. The third-order valence-electron chi connectivity index (χ3n) is 9.15. The van der Waals surface area contributed by atoms with Gasteiger partial charge in [-0.25, -0.2) is 4.79 Å². The minimum absolute atomic E-state index is 0.0431. The van der Waals surface area contributed by atoms with Crippen molar-refractivity contribution in [1.82, 2.24) is 5.32 Å². The van der Waals surface area contributed by atoms with Crippen LogP contribution >= 0.6 is 0 Å². The fourth-order valence-corrected chi connectivity index (χ4v) is 7.23. The van der Waals surface area contributed by atoms with E-state index in [1.807, 2.05) is 60.7 Å². The number of amides is 1. The van der Waals surface area contributed by atoms with Gasteiger partial charge in [0.2, 0.25) is 5.91 Å². The van der Waals surface area contributed by atoms with Crippen molar-refractivity contribution in [3.63, 3.8) is 0 Å². The van der Waals surface area contributed by atoms with E-state index in [0.29, 0.717) is 12.3 Å². The lowest BCUT2D eigenvalue weighted by molar-refractivity contribution is -0.278. The highest BCUT2D eigenvalue weighted by Crippen LogP contribution is 2.69. The van der Waals surface area contributed by atoms with E-state index < -0.39 is 35.8 Å². The van der Waals surface area contributed by atoms with Crippen LogP contribution in [0.1, 0.15) is 51.2 Å². The molecule has 2 aromatic rings. The number of aliphatic hydroxyl groups is 1. The van der Waals surface area contributed by atoms with Crippen molar-refractivity contribution in [3.8, 4) is 0 Å². The first-order valence-corrected chi connectivity index (χ1v) is 12.8. The third-order valence-corrected chi connectivity index (χ3v) is 9.15. The monoisotopic (exact) mass is 489 g/mol. The van der Waals surface area contributed by atoms with Crippen molar-refractivity contribution >= 4 is 18.0 Å². The van der Waals surface area contributed by atoms with E-state index in [0.717, 1.165) is 24.0 Å². The standard InChI is InChI=1S/C30H35NO5/c1-20-16-17-28(2)26(20)27(35-25(34)15-14-21-10-6-4-7-11-21)30(22-12-8-5-9-13-22)18-23(29(28,3)36-30)31-24(33)19-32/h4-15,20,23,26-27,32H,16-19H2,1-3H3,(H,31,33)/b15-14+/t20-,23-,26?,27+,28-,29-,30-/m1/s1. The van der Waals surface area contributed by atoms with Gasteiger partial charge in [-0.2, -0.15) is 0 Å². The summed E-state index contributed by atoms with van der Waals surface area (Å²) in [5.41, 5.74) is -0.0776. The minimum atomic E-state index is -0.914. The molecule has 2 heterocycles. The summed E-state index contributed by atoms with van der Waals surface area (Å²) in [4.78, 5) is 25.6. The van der Waals surface area contributed by atoms with Crippen LogP contribution in [0.4, 0.5) is 0 Å². The molecule has 190 valence electrons. The lowest BCUT2D eigenvalue weighted by Gasteiger charge is -2.57. The normalized spacial score (nSPS) is 37.0. The van der Waals surface area contributed by atoms with Crippen LogP contribution in [0.25, 0.3) is 6.08 Å². The number of ether oxygens (including phenoxy) is 2. The van der Waals surface area contributed by atoms with Gasteiger partial charge in [0.1, 0.15) is 18.3 Å². The van der Waals surface area contributed by atoms with E-state index in [4.69, 9.17) is 9.47 Å². The number of hydrogen-bond donors (Lipinski definition) is 2. The summed E-state index contributed by atoms with van der Waals surface area (Å²) in [5.74, 6) is -0.479. The summed E-state index contributed by atoms with van der Waals surface area (Å²) in [6, 6.07) is 19.2. The lowest BCUT2D eigenvalue weighted by atomic mass is 9.60. The quantitative estimate of drug-likeness (QED) is 0.469. The highest BCUT2D eigenvalue weighted by atomic mass is 16.6. The smallest absolute Gasteiger partial charge is 0.331 e. The molecule has 2 aromatic carbocycles. The molecule has 3 aliphatic rings. The fourth-order valence-electron chi connectivity index (χ4n) is 7.23. The molecule has 3 fully saturated rings. The maximum atomic E-state index is 13.3. The zero-order valence-electron chi connectivity index (χ0n) is 21.1. The number of rotatable bonds is 6. The average molecular weight is 490 g/mol. The Morgan fingerprint density at radius 1 is 1.11 bits per heavy atom. The van der Waals surface area contributed by atoms with E-state index in [2.05, 4.69) is 26.1 Å². The Morgan fingerprint density at radius 3 is 2.44 bits per heavy atom. The second-order valence-corrected chi connectivity index (χ2v) is 11.0. The van der Waals surface area contributed by atoms with Crippen molar-refractivity contribution in [2.75, 3.05) is 6.61 Å². The SMILES string of the molecule is C[C@@H]1CC[C@]2(C)C1[C@H](OC(=O)/C=C/c1ccccc1)[C@]1(c3ccccc3)C[C@@H](NC(=O)CO)[C@@]2(C)O1. The predicted molar refractivity (Wildman–Crippen MR) is 137 cm³/mol. The van der Waals surface area contributed by atoms with Gasteiger partial charge in [0, 0.05) is 23.8 Å². The van der Waals surface area contributed by atoms with E-state index >= 15 is 0 Å². The Hall–Kier alpha value is -2.96. The largest absolute Gasteiger partial charge is 0.455 e. The lowest BCUT2D eigenvalue weighted by Crippen LogP contribution is -2.65. The van der Waals surface area contributed by atoms with Crippen LogP contribution in [0.15, 0.2) is 66.7 Å². The van der Waals surface area contributed by atoms with Crippen LogP contribution < -0.4 is 5.32 Å². The molecule has 0 radical (unpaired) electrons. The predicted octanol–water partition coefficient (Wildman–Crippen LogP) is 4.23. The summed E-state index contributed by atoms with van der Waals surface area (Å²) in [6.45, 7) is 5.94. The molecule has 0 spiro atoms. The van der Waals surface area contributed by atoms with Gasteiger partial charge in [0.15, 0.2) is 0 Å². The summed E-state index contributed by atoms with van der Waals surface area (Å²) in [5, 5.41) is 12.5. The highest BCUT2D eigenvalue weighted by molar-refractivity contribution is 5.87. The molecule has 2 saturated heterocycles. The van der Waals surface area contributed by atoms with Gasteiger partial charge >= 0.3 is 5.97 Å². The minimum Gasteiger partial charge on any atom is -0.455 e. The molecule has 5 rings (SSSR count). The molecule has 1 aliphatic carbocycles. The number of fused-ring (bicyclic) bond motifs is 4. The summed E-state index contributed by atoms with van der Waals surface area (Å²) < 4.78 is 13.4. The fraction of sp³-hybridized carbons (Fsp3) is 0.467. The number of carbonyl (C=O) groups is 2. The van der Waals surface area contributed by atoms with Gasteiger partial charge in [0.25, 0.3) is 0 Å². The maximum absolute atomic E-state index is 13.3. The van der Waals surface area contributed by atoms with Crippen molar-refractivity contribution in [3.05, 3.63) is 77.9 Å². The van der Waals surface area contributed by atoms with Gasteiger partial charge < -0.3 is 19.9 Å². The summed E-state index contributed by atoms with van der Waals surface area (Å²) in [7, 11) is 0. The summed E-state index contributed by atoms with van der Waals surface area (Å²) in [6.07, 6.45) is 5.07. The molecular formula is C30H35NO5. The summed E-state index contributed by atoms with van der Waals surface area (Å²) >= 11 is 0. The van der Waals surface area contributed by atoms with Crippen molar-refractivity contribution < 1.29 is 24.2 Å². The molecule has 36 heavy (non-hydrogen) atoms. The van der Waals surface area contributed by atoms with Gasteiger partial charge in [-0.3, -0.25) is 4.79 Å². The van der Waals surface area contributed by atoms with E-state index in [9.17, 15) is 14.7 Å². The number of esters is 1. The highest BCUT2D eigenvalue weighted by Gasteiger charge is 2.75. The Kier molecular flexibility index (Phi) is 6.29. The van der Waals surface area contributed by atoms with Crippen LogP contribution in [-0.2, 0) is 24.7 Å². The maximum Gasteiger partial charge on any atom is 0.331 e. The Bertz CT molecular complexity index is 1150. The number of aliphatic hydroxyl groups excluding tert-OH is 1. The molecule has 6 nitrogen and oxygen atoms in total. The molecule has 6 heteroatoms. The first-order valence-electron chi connectivity index (χ1n) is 12.8. The Balaban J connectivity index is 1.58. The van der Waals surface area contributed by atoms with Crippen molar-refractivity contribution in [1.29, 1.82) is 0 Å². The number of hydrogen-bond acceptors (Lipinski definition) is 5. The molecule has 1 unspecified atom stereocenters. The van der Waals surface area contributed by atoms with E-state index in [1.54, 1.807) is 6.08 Å². The Labute approximate surface area is 212 Å². The van der Waals surface area contributed by atoms with Crippen molar-refractivity contribution in [2.24, 2.45) is 17.3 Å². The molecule has 2 N–H and O–H groups in total. The van der Waals surface area contributed by atoms with Crippen molar-refractivity contribution in [2.45, 2.75) is 63.4 Å². The van der Waals surface area contributed by atoms with Crippen LogP contribution in [-0.4, -0.2) is 41.3 Å². The van der Waals surface area contributed by atoms with Crippen LogP contribution in [0.2, 0.25) is 0 Å². The third kappa shape index (κ3) is 3.78. The van der Waals surface area contributed by atoms with Crippen LogP contribution in [0, 0.1) is 17.3 Å². The molecule has 1 amide bonds. The molecule has 1 saturated carbocycles. The van der Waals surface area contributed by atoms with Gasteiger partial charge in [-0.05, 0) is 42.9 Å². The van der Waals surface area contributed by atoms with E-state index in [1.165, 1.54) is 6.08 Å². The number of nitrogens with one attached hydrogen (secondary N) is 1. The second-order valence-electron chi connectivity index (χ2n) is 11.0. The first kappa shape index (κ1) is 24.7. The second kappa shape index (κ2) is 9.16. The first-order chi connectivity index (χ1) is 17.2. The topological polar surface area (TPSA) is 84.9 Å². The average Bonchev–Trinajstić information content (AvgIpc) is 3.36. The van der Waals surface area contributed by atoms with Gasteiger partial charge in [-0.1, -0.05) is 74.5 Å². The molecule has 0 aromatic heterocycles. The number of benzene rings is 2. The van der Waals surface area contributed by atoms with E-state index in [-0.39, 0.29) is 17.4 Å². The van der Waals surface area contributed by atoms with Gasteiger partial charge in [-0.15, -0.1) is 0 Å². The Morgan fingerprint density at radius 2 is 1.78 bits per heavy atom. The van der Waals surface area contributed by atoms with Gasteiger partial charge in [0.05, 0.1) is 11.6 Å².